The number of aryl methyl sites for hydroxylation is 1. The Balaban J connectivity index is 1.97. The highest BCUT2D eigenvalue weighted by molar-refractivity contribution is 5.39. The van der Waals surface area contributed by atoms with E-state index < -0.39 is 18.8 Å². The fraction of sp³-hybridized carbons (Fsp3) is 0.500. The third kappa shape index (κ3) is 8.50. The number of ether oxygens (including phenoxy) is 1. The summed E-state index contributed by atoms with van der Waals surface area (Å²) in [5.74, 6) is 0.531. The van der Waals surface area contributed by atoms with Crippen molar-refractivity contribution in [2.45, 2.75) is 32.0 Å². The number of likely N-dealkylation sites (tertiary alicyclic amines) is 1. The van der Waals surface area contributed by atoms with Gasteiger partial charge in [0.05, 0.1) is 19.3 Å². The molecular weight excluding hydrogens is 408 g/mol. The molecule has 0 radical (unpaired) electrons. The average molecular weight is 441 g/mol. The Hall–Kier alpha value is -2.12. The van der Waals surface area contributed by atoms with Crippen molar-refractivity contribution in [1.82, 2.24) is 10.2 Å². The van der Waals surface area contributed by atoms with Crippen molar-refractivity contribution in [2.24, 2.45) is 5.92 Å². The topological polar surface area (TPSA) is 24.5 Å². The van der Waals surface area contributed by atoms with Crippen molar-refractivity contribution in [1.29, 1.82) is 0 Å². The van der Waals surface area contributed by atoms with Crippen LogP contribution in [0.5, 0.6) is 0 Å². The zero-order chi connectivity index (χ0) is 22.9. The molecule has 1 saturated heterocycles. The average Bonchev–Trinajstić information content (AvgIpc) is 2.68. The predicted octanol–water partition coefficient (Wildman–Crippen LogP) is 5.38. The molecule has 0 spiro atoms. The lowest BCUT2D eigenvalue weighted by Crippen LogP contribution is -2.48. The number of allylic oxidation sites excluding steroid dienone is 1. The molecule has 2 rings (SSSR count). The highest BCUT2D eigenvalue weighted by Gasteiger charge is 2.29. The van der Waals surface area contributed by atoms with E-state index in [9.17, 15) is 17.6 Å². The van der Waals surface area contributed by atoms with Gasteiger partial charge < -0.3 is 4.74 Å². The lowest BCUT2D eigenvalue weighted by atomic mass is 9.92. The molecule has 0 bridgehead atoms. The maximum Gasteiger partial charge on any atom is 0.401 e. The number of benzene rings is 1. The van der Waals surface area contributed by atoms with Crippen molar-refractivity contribution in [3.8, 4) is 0 Å². The summed E-state index contributed by atoms with van der Waals surface area (Å²) in [6, 6.07) is 6.80. The molecule has 1 aliphatic heterocycles. The number of rotatable bonds is 13. The number of halogens is 4. The molecule has 1 aromatic carbocycles. The van der Waals surface area contributed by atoms with Gasteiger partial charge in [-0.25, -0.2) is 0 Å². The minimum absolute atomic E-state index is 0.128. The highest BCUT2D eigenvalue weighted by Crippen LogP contribution is 2.27. The summed E-state index contributed by atoms with van der Waals surface area (Å²) in [6.45, 7) is 11.0. The van der Waals surface area contributed by atoms with Crippen LogP contribution in [0.15, 0.2) is 60.9 Å². The summed E-state index contributed by atoms with van der Waals surface area (Å²) in [5.41, 5.74) is 2.27. The van der Waals surface area contributed by atoms with Crippen LogP contribution < -0.4 is 5.32 Å². The molecule has 1 heterocycles. The largest absolute Gasteiger partial charge is 0.493 e. The van der Waals surface area contributed by atoms with Crippen LogP contribution in [0.3, 0.4) is 0 Å². The van der Waals surface area contributed by atoms with E-state index >= 15 is 0 Å². The normalized spacial score (nSPS) is 16.3. The Morgan fingerprint density at radius 2 is 1.97 bits per heavy atom. The molecule has 31 heavy (non-hydrogen) atoms. The van der Waals surface area contributed by atoms with Crippen molar-refractivity contribution in [3.05, 3.63) is 72.0 Å². The van der Waals surface area contributed by atoms with Gasteiger partial charge in [-0.3, -0.25) is 14.6 Å². The van der Waals surface area contributed by atoms with Crippen LogP contribution in [-0.4, -0.2) is 50.5 Å². The van der Waals surface area contributed by atoms with E-state index in [4.69, 9.17) is 4.74 Å². The summed E-state index contributed by atoms with van der Waals surface area (Å²) in [7, 11) is 0. The summed E-state index contributed by atoms with van der Waals surface area (Å²) in [6.07, 6.45) is 0.591. The minimum atomic E-state index is -4.33. The van der Waals surface area contributed by atoms with Gasteiger partial charge in [0.25, 0.3) is 0 Å². The van der Waals surface area contributed by atoms with Gasteiger partial charge in [-0.1, -0.05) is 56.8 Å². The second-order valence-electron chi connectivity index (χ2n) is 7.88. The first-order chi connectivity index (χ1) is 14.7. The Labute approximate surface area is 182 Å². The summed E-state index contributed by atoms with van der Waals surface area (Å²) >= 11 is 0. The summed E-state index contributed by atoms with van der Waals surface area (Å²) in [5, 5.41) is 2.60. The zero-order valence-corrected chi connectivity index (χ0v) is 18.1. The smallest absolute Gasteiger partial charge is 0.401 e. The Morgan fingerprint density at radius 3 is 2.61 bits per heavy atom. The molecule has 0 aliphatic carbocycles. The van der Waals surface area contributed by atoms with E-state index in [0.29, 0.717) is 24.5 Å². The molecule has 1 N–H and O–H groups in total. The monoisotopic (exact) mass is 440 g/mol. The van der Waals surface area contributed by atoms with Crippen LogP contribution in [0.1, 0.15) is 30.5 Å². The molecule has 3 nitrogen and oxygen atoms in total. The van der Waals surface area contributed by atoms with Gasteiger partial charge in [0.2, 0.25) is 0 Å². The first-order valence-electron chi connectivity index (χ1n) is 10.6. The number of nitrogens with zero attached hydrogens (tertiary/aromatic N) is 1. The first-order valence-corrected chi connectivity index (χ1v) is 10.6. The summed E-state index contributed by atoms with van der Waals surface area (Å²) < 4.78 is 56.7. The van der Waals surface area contributed by atoms with Crippen LogP contribution in [0, 0.1) is 5.92 Å². The molecule has 0 unspecified atom stereocenters. The second-order valence-corrected chi connectivity index (χ2v) is 7.88. The highest BCUT2D eigenvalue weighted by atomic mass is 19.4. The standard InChI is InChI=1S/C24H32F4N2O/c1-4-7-21-8-5-6-9-22(21)23(29-17-24(26,27)28)18(2)10-11-19(3)31-13-12-30-15-20(14-25)16-30/h5-6,8-11,20,23,29H,2-4,7,12-17H2,1H3/b11-10-/t23-/m0/s1. The fourth-order valence-corrected chi connectivity index (χ4v) is 3.58. The maximum absolute atomic E-state index is 12.9. The SMILES string of the molecule is C=C(/C=C\C(=C)[C@H](NCC(F)(F)F)c1ccccc1CCC)OCCN1CC(CF)C1. The van der Waals surface area contributed by atoms with E-state index in [-0.39, 0.29) is 12.6 Å². The van der Waals surface area contributed by atoms with E-state index in [1.54, 1.807) is 12.2 Å². The molecule has 0 saturated carbocycles. The number of hydrogen-bond donors (Lipinski definition) is 1. The Kier molecular flexibility index (Phi) is 9.78. The van der Waals surface area contributed by atoms with Crippen LogP contribution in [-0.2, 0) is 11.2 Å². The summed E-state index contributed by atoms with van der Waals surface area (Å²) in [4.78, 5) is 2.10. The van der Waals surface area contributed by atoms with Gasteiger partial charge in [0, 0.05) is 25.6 Å². The Morgan fingerprint density at radius 1 is 1.26 bits per heavy atom. The molecule has 0 amide bonds. The van der Waals surface area contributed by atoms with Crippen molar-refractivity contribution < 1.29 is 22.3 Å². The van der Waals surface area contributed by atoms with Crippen LogP contribution >= 0.6 is 0 Å². The number of nitrogens with one attached hydrogen (secondary N) is 1. The van der Waals surface area contributed by atoms with Crippen LogP contribution in [0.4, 0.5) is 17.6 Å². The van der Waals surface area contributed by atoms with E-state index in [1.165, 1.54) is 0 Å². The Bertz CT molecular complexity index is 754. The van der Waals surface area contributed by atoms with Gasteiger partial charge in [-0.05, 0) is 29.2 Å². The van der Waals surface area contributed by atoms with Crippen molar-refractivity contribution in [2.75, 3.05) is 39.5 Å². The molecule has 1 fully saturated rings. The molecule has 0 aromatic heterocycles. The molecule has 172 valence electrons. The maximum atomic E-state index is 12.9. The third-order valence-corrected chi connectivity index (χ3v) is 5.19. The van der Waals surface area contributed by atoms with Gasteiger partial charge in [0.15, 0.2) is 0 Å². The number of hydrogen-bond acceptors (Lipinski definition) is 3. The van der Waals surface area contributed by atoms with E-state index in [0.717, 1.165) is 37.1 Å². The molecule has 7 heteroatoms. The molecule has 1 atom stereocenters. The van der Waals surface area contributed by atoms with Crippen LogP contribution in [0.2, 0.25) is 0 Å². The quantitative estimate of drug-likeness (QED) is 0.253. The van der Waals surface area contributed by atoms with Gasteiger partial charge in [-0.15, -0.1) is 0 Å². The van der Waals surface area contributed by atoms with Gasteiger partial charge in [-0.2, -0.15) is 13.2 Å². The lowest BCUT2D eigenvalue weighted by molar-refractivity contribution is -0.125. The zero-order valence-electron chi connectivity index (χ0n) is 18.1. The lowest BCUT2D eigenvalue weighted by Gasteiger charge is -2.37. The van der Waals surface area contributed by atoms with Gasteiger partial charge in [0.1, 0.15) is 12.4 Å². The van der Waals surface area contributed by atoms with E-state index in [2.05, 4.69) is 23.4 Å². The third-order valence-electron chi connectivity index (χ3n) is 5.19. The molecule has 1 aromatic rings. The van der Waals surface area contributed by atoms with Crippen molar-refractivity contribution >= 4 is 0 Å². The van der Waals surface area contributed by atoms with E-state index in [1.807, 2.05) is 31.2 Å². The van der Waals surface area contributed by atoms with Crippen LogP contribution in [0.25, 0.3) is 0 Å². The predicted molar refractivity (Wildman–Crippen MR) is 117 cm³/mol. The second kappa shape index (κ2) is 12.1. The minimum Gasteiger partial charge on any atom is -0.493 e. The number of alkyl halides is 4. The molecule has 1 aliphatic rings. The molecular formula is C24H32F4N2O. The van der Waals surface area contributed by atoms with Crippen molar-refractivity contribution in [3.63, 3.8) is 0 Å². The fourth-order valence-electron chi connectivity index (χ4n) is 3.58. The van der Waals surface area contributed by atoms with Gasteiger partial charge >= 0.3 is 6.18 Å². The first kappa shape index (κ1) is 25.1.